The van der Waals surface area contributed by atoms with E-state index in [0.29, 0.717) is 17.0 Å². The molecule has 0 radical (unpaired) electrons. The van der Waals surface area contributed by atoms with E-state index >= 15 is 0 Å². The van der Waals surface area contributed by atoms with Crippen molar-refractivity contribution >= 4 is 45.2 Å². The van der Waals surface area contributed by atoms with E-state index in [9.17, 15) is 14.7 Å². The fourth-order valence-electron chi connectivity index (χ4n) is 4.05. The van der Waals surface area contributed by atoms with Crippen molar-refractivity contribution in [1.29, 1.82) is 0 Å². The van der Waals surface area contributed by atoms with Crippen LogP contribution in [-0.4, -0.2) is 23.9 Å². The smallest absolute Gasteiger partial charge is 0.300 e. The Hall–Kier alpha value is -3.90. The number of methoxy groups -OCH3 is 1. The summed E-state index contributed by atoms with van der Waals surface area (Å²) in [7, 11) is 1.57. The third-order valence-electron chi connectivity index (χ3n) is 5.63. The van der Waals surface area contributed by atoms with E-state index in [1.54, 1.807) is 37.4 Å². The molecule has 1 unspecified atom stereocenters. The Morgan fingerprint density at radius 2 is 1.69 bits per heavy atom. The van der Waals surface area contributed by atoms with Gasteiger partial charge in [-0.3, -0.25) is 14.5 Å². The van der Waals surface area contributed by atoms with Gasteiger partial charge in [-0.15, -0.1) is 11.3 Å². The number of ether oxygens (including phenoxy) is 1. The van der Waals surface area contributed by atoms with Gasteiger partial charge in [0.2, 0.25) is 0 Å². The van der Waals surface area contributed by atoms with Crippen LogP contribution in [0.5, 0.6) is 5.75 Å². The summed E-state index contributed by atoms with van der Waals surface area (Å²) >= 11 is 1.43. The summed E-state index contributed by atoms with van der Waals surface area (Å²) in [6.07, 6.45) is 0. The van der Waals surface area contributed by atoms with Crippen LogP contribution in [0.15, 0.2) is 89.8 Å². The Morgan fingerprint density at radius 3 is 2.38 bits per heavy atom. The standard InChI is InChI=1S/C26H19NO4S/c1-31-20-12-10-19(11-13-20)27-23(21-7-4-14-32-21)22(25(29)26(27)30)24(28)18-9-8-16-5-2-3-6-17(16)15-18/h2-15,23,28H,1H3/b24-22-. The summed E-state index contributed by atoms with van der Waals surface area (Å²) in [5.74, 6) is -0.904. The first kappa shape index (κ1) is 20.0. The van der Waals surface area contributed by atoms with Gasteiger partial charge in [-0.25, -0.2) is 0 Å². The summed E-state index contributed by atoms with van der Waals surface area (Å²) in [4.78, 5) is 28.5. The number of aliphatic hydroxyl groups is 1. The van der Waals surface area contributed by atoms with Crippen LogP contribution in [0.25, 0.3) is 16.5 Å². The van der Waals surface area contributed by atoms with Crippen LogP contribution in [0.3, 0.4) is 0 Å². The SMILES string of the molecule is COc1ccc(N2C(=O)C(=O)/C(=C(\O)c3ccc4ccccc4c3)C2c2cccs2)cc1. The molecule has 1 aliphatic rings. The fraction of sp³-hybridized carbons (Fsp3) is 0.0769. The second kappa shape index (κ2) is 7.98. The van der Waals surface area contributed by atoms with Gasteiger partial charge >= 0.3 is 0 Å². The average Bonchev–Trinajstić information content (AvgIpc) is 3.45. The second-order valence-corrected chi connectivity index (χ2v) is 8.42. The average molecular weight is 442 g/mol. The fourth-order valence-corrected chi connectivity index (χ4v) is 4.87. The number of hydrogen-bond acceptors (Lipinski definition) is 5. The quantitative estimate of drug-likeness (QED) is 0.257. The molecule has 1 aliphatic heterocycles. The van der Waals surface area contributed by atoms with Crippen LogP contribution in [0.1, 0.15) is 16.5 Å². The molecule has 0 aliphatic carbocycles. The molecule has 158 valence electrons. The topological polar surface area (TPSA) is 66.8 Å². The van der Waals surface area contributed by atoms with E-state index in [1.165, 1.54) is 16.2 Å². The van der Waals surface area contributed by atoms with Crippen LogP contribution in [-0.2, 0) is 9.59 Å². The number of aliphatic hydroxyl groups excluding tert-OH is 1. The summed E-state index contributed by atoms with van der Waals surface area (Å²) < 4.78 is 5.21. The Balaban J connectivity index is 1.68. The van der Waals surface area contributed by atoms with Crippen molar-refractivity contribution in [2.45, 2.75) is 6.04 Å². The molecule has 1 aromatic heterocycles. The van der Waals surface area contributed by atoms with Crippen molar-refractivity contribution in [2.24, 2.45) is 0 Å². The number of hydrogen-bond donors (Lipinski definition) is 1. The molecule has 5 rings (SSSR count). The number of nitrogens with zero attached hydrogens (tertiary/aromatic N) is 1. The van der Waals surface area contributed by atoms with E-state index in [-0.39, 0.29) is 11.3 Å². The van der Waals surface area contributed by atoms with Gasteiger partial charge in [-0.1, -0.05) is 42.5 Å². The van der Waals surface area contributed by atoms with Gasteiger partial charge in [0.25, 0.3) is 11.7 Å². The molecule has 0 spiro atoms. The van der Waals surface area contributed by atoms with Crippen LogP contribution in [0, 0.1) is 0 Å². The lowest BCUT2D eigenvalue weighted by Crippen LogP contribution is -2.29. The van der Waals surface area contributed by atoms with Gasteiger partial charge < -0.3 is 9.84 Å². The molecular formula is C26H19NO4S. The molecule has 3 aromatic carbocycles. The minimum Gasteiger partial charge on any atom is -0.507 e. The number of Topliss-reactive ketones (excluding diaryl/α,β-unsaturated/α-hetero) is 1. The van der Waals surface area contributed by atoms with Crippen molar-refractivity contribution in [3.63, 3.8) is 0 Å². The largest absolute Gasteiger partial charge is 0.507 e. The third-order valence-corrected chi connectivity index (χ3v) is 6.56. The number of carbonyl (C=O) groups excluding carboxylic acids is 2. The van der Waals surface area contributed by atoms with E-state index < -0.39 is 17.7 Å². The molecular weight excluding hydrogens is 422 g/mol. The Morgan fingerprint density at radius 1 is 0.938 bits per heavy atom. The number of anilines is 1. The van der Waals surface area contributed by atoms with Gasteiger partial charge in [0.15, 0.2) is 0 Å². The highest BCUT2D eigenvalue weighted by Gasteiger charge is 2.47. The van der Waals surface area contributed by atoms with E-state index in [2.05, 4.69) is 0 Å². The van der Waals surface area contributed by atoms with E-state index in [4.69, 9.17) is 4.74 Å². The van der Waals surface area contributed by atoms with Crippen molar-refractivity contribution < 1.29 is 19.4 Å². The molecule has 5 nitrogen and oxygen atoms in total. The van der Waals surface area contributed by atoms with Crippen molar-refractivity contribution in [3.05, 3.63) is 100 Å². The van der Waals surface area contributed by atoms with Crippen molar-refractivity contribution in [2.75, 3.05) is 12.0 Å². The summed E-state index contributed by atoms with van der Waals surface area (Å²) in [6.45, 7) is 0. The second-order valence-electron chi connectivity index (χ2n) is 7.44. The number of carbonyl (C=O) groups is 2. The maximum absolute atomic E-state index is 13.2. The minimum atomic E-state index is -0.713. The number of amides is 1. The maximum Gasteiger partial charge on any atom is 0.300 e. The lowest BCUT2D eigenvalue weighted by atomic mass is 9.98. The third kappa shape index (κ3) is 3.25. The molecule has 0 saturated carbocycles. The lowest BCUT2D eigenvalue weighted by Gasteiger charge is -2.24. The van der Waals surface area contributed by atoms with Crippen LogP contribution in [0.2, 0.25) is 0 Å². The Bertz CT molecular complexity index is 1360. The zero-order valence-electron chi connectivity index (χ0n) is 17.2. The minimum absolute atomic E-state index is 0.0866. The highest BCUT2D eigenvalue weighted by atomic mass is 32.1. The highest BCUT2D eigenvalue weighted by molar-refractivity contribution is 7.10. The summed E-state index contributed by atoms with van der Waals surface area (Å²) in [6, 6.07) is 23.2. The molecule has 1 atom stereocenters. The molecule has 32 heavy (non-hydrogen) atoms. The molecule has 4 aromatic rings. The molecule has 1 saturated heterocycles. The molecule has 1 N–H and O–H groups in total. The highest BCUT2D eigenvalue weighted by Crippen LogP contribution is 2.44. The molecule has 1 fully saturated rings. The Kier molecular flexibility index (Phi) is 4.99. The number of ketones is 1. The van der Waals surface area contributed by atoms with Gasteiger partial charge in [-0.05, 0) is 52.6 Å². The predicted octanol–water partition coefficient (Wildman–Crippen LogP) is 5.54. The number of fused-ring (bicyclic) bond motifs is 1. The van der Waals surface area contributed by atoms with Gasteiger partial charge in [0, 0.05) is 16.1 Å². The van der Waals surface area contributed by atoms with Crippen molar-refractivity contribution in [1.82, 2.24) is 0 Å². The normalized spacial score (nSPS) is 17.8. The number of benzene rings is 3. The predicted molar refractivity (Wildman–Crippen MR) is 126 cm³/mol. The number of rotatable bonds is 4. The van der Waals surface area contributed by atoms with Gasteiger partial charge in [0.1, 0.15) is 17.6 Å². The molecule has 2 heterocycles. The summed E-state index contributed by atoms with van der Waals surface area (Å²) in [5, 5.41) is 15.1. The van der Waals surface area contributed by atoms with Gasteiger partial charge in [0.05, 0.1) is 12.7 Å². The zero-order chi connectivity index (χ0) is 22.2. The number of thiophene rings is 1. The first-order valence-electron chi connectivity index (χ1n) is 10.1. The molecule has 0 bridgehead atoms. The zero-order valence-corrected chi connectivity index (χ0v) is 18.0. The van der Waals surface area contributed by atoms with Crippen LogP contribution >= 0.6 is 11.3 Å². The maximum atomic E-state index is 13.2. The van der Waals surface area contributed by atoms with Crippen molar-refractivity contribution in [3.8, 4) is 5.75 Å². The molecule has 6 heteroatoms. The van der Waals surface area contributed by atoms with Crippen LogP contribution < -0.4 is 9.64 Å². The van der Waals surface area contributed by atoms with E-state index in [1.807, 2.05) is 53.9 Å². The van der Waals surface area contributed by atoms with E-state index in [0.717, 1.165) is 15.6 Å². The van der Waals surface area contributed by atoms with Crippen LogP contribution in [0.4, 0.5) is 5.69 Å². The monoisotopic (exact) mass is 441 g/mol. The summed E-state index contributed by atoms with van der Waals surface area (Å²) in [5.41, 5.74) is 1.14. The first-order chi connectivity index (χ1) is 15.6. The first-order valence-corrected chi connectivity index (χ1v) is 10.9. The van der Waals surface area contributed by atoms with Gasteiger partial charge in [-0.2, -0.15) is 0 Å². The lowest BCUT2D eigenvalue weighted by molar-refractivity contribution is -0.132. The Labute approximate surface area is 188 Å². The molecule has 1 amide bonds.